The molecule has 2 aromatic heterocycles. The molecule has 0 bridgehead atoms. The third-order valence-corrected chi connectivity index (χ3v) is 4.82. The Morgan fingerprint density at radius 3 is 2.58 bits per heavy atom. The number of aromatic hydroxyl groups is 1. The number of carbonyl (C=O) groups excluding carboxylic acids is 2. The molecule has 0 saturated heterocycles. The predicted molar refractivity (Wildman–Crippen MR) is 114 cm³/mol. The highest BCUT2D eigenvalue weighted by Gasteiger charge is 2.20. The molecular weight excluding hydrogens is 394 g/mol. The number of ketones is 1. The molecule has 154 valence electrons. The molecule has 0 saturated carbocycles. The first kappa shape index (κ1) is 20.0. The molecule has 0 aliphatic carbocycles. The van der Waals surface area contributed by atoms with Gasteiger partial charge in [0, 0.05) is 17.1 Å². The zero-order valence-corrected chi connectivity index (χ0v) is 16.7. The molecule has 0 amide bonds. The Morgan fingerprint density at radius 1 is 1.06 bits per heavy atom. The van der Waals surface area contributed by atoms with E-state index in [0.717, 1.165) is 10.9 Å². The van der Waals surface area contributed by atoms with E-state index in [0.29, 0.717) is 5.69 Å². The van der Waals surface area contributed by atoms with Crippen LogP contribution in [0.25, 0.3) is 16.6 Å². The number of rotatable bonds is 5. The van der Waals surface area contributed by atoms with Crippen LogP contribution in [0.4, 0.5) is 0 Å². The number of ether oxygens (including phenoxy) is 1. The summed E-state index contributed by atoms with van der Waals surface area (Å²) < 4.78 is 6.50. The number of para-hydroxylation sites is 2. The SMILES string of the molecule is CCOC(=O)c1cc(C(=O)c2ccccc2O)cn(-c2cnc3ccccc3c2)c1=N. The average Bonchev–Trinajstić information content (AvgIpc) is 2.79. The van der Waals surface area contributed by atoms with Crippen LogP contribution in [0.5, 0.6) is 5.75 Å². The maximum absolute atomic E-state index is 13.1. The summed E-state index contributed by atoms with van der Waals surface area (Å²) in [5.41, 5.74) is 1.33. The summed E-state index contributed by atoms with van der Waals surface area (Å²) in [7, 11) is 0. The molecule has 0 spiro atoms. The Bertz CT molecular complexity index is 1370. The van der Waals surface area contributed by atoms with Crippen molar-refractivity contribution >= 4 is 22.7 Å². The van der Waals surface area contributed by atoms with E-state index in [1.807, 2.05) is 30.3 Å². The fourth-order valence-corrected chi connectivity index (χ4v) is 3.30. The number of hydrogen-bond donors (Lipinski definition) is 2. The van der Waals surface area contributed by atoms with Gasteiger partial charge in [-0.1, -0.05) is 30.3 Å². The van der Waals surface area contributed by atoms with Gasteiger partial charge in [0.1, 0.15) is 16.8 Å². The van der Waals surface area contributed by atoms with E-state index in [2.05, 4.69) is 4.98 Å². The van der Waals surface area contributed by atoms with Gasteiger partial charge in [-0.15, -0.1) is 0 Å². The number of nitrogens with one attached hydrogen (secondary N) is 1. The van der Waals surface area contributed by atoms with Crippen LogP contribution in [0.2, 0.25) is 0 Å². The van der Waals surface area contributed by atoms with Crippen molar-refractivity contribution in [1.29, 1.82) is 5.41 Å². The number of pyridine rings is 2. The number of aromatic nitrogens is 2. The molecule has 4 aromatic rings. The quantitative estimate of drug-likeness (QED) is 0.384. The number of benzene rings is 2. The van der Waals surface area contributed by atoms with Gasteiger partial charge in [0.2, 0.25) is 0 Å². The zero-order valence-electron chi connectivity index (χ0n) is 16.7. The Labute approximate surface area is 177 Å². The van der Waals surface area contributed by atoms with Crippen molar-refractivity contribution in [3.05, 3.63) is 95.2 Å². The lowest BCUT2D eigenvalue weighted by atomic mass is 10.0. The summed E-state index contributed by atoms with van der Waals surface area (Å²) in [5, 5.41) is 19.5. The van der Waals surface area contributed by atoms with Gasteiger partial charge in [-0.25, -0.2) is 4.79 Å². The van der Waals surface area contributed by atoms with Crippen molar-refractivity contribution in [3.8, 4) is 11.4 Å². The van der Waals surface area contributed by atoms with E-state index in [1.54, 1.807) is 25.3 Å². The zero-order chi connectivity index (χ0) is 22.0. The van der Waals surface area contributed by atoms with E-state index in [1.165, 1.54) is 29.0 Å². The van der Waals surface area contributed by atoms with Crippen molar-refractivity contribution < 1.29 is 19.4 Å². The summed E-state index contributed by atoms with van der Waals surface area (Å²) in [6.07, 6.45) is 3.04. The first-order valence-corrected chi connectivity index (χ1v) is 9.66. The van der Waals surface area contributed by atoms with Crippen LogP contribution in [0.3, 0.4) is 0 Å². The van der Waals surface area contributed by atoms with Crippen LogP contribution >= 0.6 is 0 Å². The van der Waals surface area contributed by atoms with Crippen molar-refractivity contribution in [2.24, 2.45) is 0 Å². The number of nitrogens with zero attached hydrogens (tertiary/aromatic N) is 2. The standard InChI is InChI=1S/C24H19N3O4/c1-2-31-24(30)19-12-16(22(29)18-8-4-6-10-21(18)28)14-27(23(19)25)17-11-15-7-3-5-9-20(15)26-13-17/h3-14,25,28H,2H2,1H3. The van der Waals surface area contributed by atoms with E-state index < -0.39 is 11.8 Å². The maximum atomic E-state index is 13.1. The second-order valence-corrected chi connectivity index (χ2v) is 6.81. The minimum atomic E-state index is -0.707. The fraction of sp³-hybridized carbons (Fsp3) is 0.0833. The van der Waals surface area contributed by atoms with Crippen LogP contribution in [0, 0.1) is 5.41 Å². The molecule has 0 fully saturated rings. The van der Waals surface area contributed by atoms with Gasteiger partial charge in [0.15, 0.2) is 5.78 Å². The average molecular weight is 413 g/mol. The molecule has 31 heavy (non-hydrogen) atoms. The third-order valence-electron chi connectivity index (χ3n) is 4.82. The Kier molecular flexibility index (Phi) is 5.32. The molecule has 4 rings (SSSR count). The van der Waals surface area contributed by atoms with Crippen LogP contribution in [-0.4, -0.2) is 33.0 Å². The van der Waals surface area contributed by atoms with Gasteiger partial charge in [0.05, 0.1) is 29.6 Å². The smallest absolute Gasteiger partial charge is 0.341 e. The molecule has 2 N–H and O–H groups in total. The molecule has 0 atom stereocenters. The van der Waals surface area contributed by atoms with Crippen molar-refractivity contribution in [1.82, 2.24) is 9.55 Å². The highest BCUT2D eigenvalue weighted by Crippen LogP contribution is 2.21. The highest BCUT2D eigenvalue weighted by molar-refractivity contribution is 6.11. The van der Waals surface area contributed by atoms with Gasteiger partial charge < -0.3 is 9.84 Å². The maximum Gasteiger partial charge on any atom is 0.341 e. The van der Waals surface area contributed by atoms with Crippen molar-refractivity contribution in [2.45, 2.75) is 6.92 Å². The first-order chi connectivity index (χ1) is 15.0. The third kappa shape index (κ3) is 3.81. The Balaban J connectivity index is 1.93. The summed E-state index contributed by atoms with van der Waals surface area (Å²) in [6.45, 7) is 1.80. The lowest BCUT2D eigenvalue weighted by Gasteiger charge is -2.13. The number of hydrogen-bond acceptors (Lipinski definition) is 6. The minimum absolute atomic E-state index is 0.0590. The molecule has 0 unspecified atom stereocenters. The Hall–Kier alpha value is -4.26. The van der Waals surface area contributed by atoms with E-state index in [4.69, 9.17) is 10.1 Å². The highest BCUT2D eigenvalue weighted by atomic mass is 16.5. The molecular formula is C24H19N3O4. The second kappa shape index (κ2) is 8.23. The van der Waals surface area contributed by atoms with E-state index in [-0.39, 0.29) is 34.5 Å². The van der Waals surface area contributed by atoms with Crippen molar-refractivity contribution in [2.75, 3.05) is 6.61 Å². The normalized spacial score (nSPS) is 10.7. The monoisotopic (exact) mass is 413 g/mol. The predicted octanol–water partition coefficient (Wildman–Crippen LogP) is 3.62. The fourth-order valence-electron chi connectivity index (χ4n) is 3.30. The molecule has 2 aromatic carbocycles. The molecule has 0 aliphatic rings. The lowest BCUT2D eigenvalue weighted by molar-refractivity contribution is 0.0523. The van der Waals surface area contributed by atoms with Gasteiger partial charge in [0.25, 0.3) is 0 Å². The number of carbonyl (C=O) groups is 2. The summed E-state index contributed by atoms with van der Waals surface area (Å²) in [6, 6.07) is 16.8. The summed E-state index contributed by atoms with van der Waals surface area (Å²) in [4.78, 5) is 30.0. The first-order valence-electron chi connectivity index (χ1n) is 9.66. The molecule has 7 nitrogen and oxygen atoms in total. The van der Waals surface area contributed by atoms with Crippen LogP contribution in [0.15, 0.2) is 73.1 Å². The van der Waals surface area contributed by atoms with Crippen LogP contribution < -0.4 is 5.49 Å². The minimum Gasteiger partial charge on any atom is -0.507 e. The van der Waals surface area contributed by atoms with Gasteiger partial charge in [-0.05, 0) is 37.3 Å². The van der Waals surface area contributed by atoms with E-state index >= 15 is 0 Å². The van der Waals surface area contributed by atoms with Crippen molar-refractivity contribution in [3.63, 3.8) is 0 Å². The van der Waals surface area contributed by atoms with Gasteiger partial charge in [-0.3, -0.25) is 19.8 Å². The molecule has 0 radical (unpaired) electrons. The second-order valence-electron chi connectivity index (χ2n) is 6.81. The van der Waals surface area contributed by atoms with Gasteiger partial charge >= 0.3 is 5.97 Å². The summed E-state index contributed by atoms with van der Waals surface area (Å²) in [5.74, 6) is -1.35. The molecule has 7 heteroatoms. The number of phenols is 1. The van der Waals surface area contributed by atoms with Gasteiger partial charge in [-0.2, -0.15) is 0 Å². The van der Waals surface area contributed by atoms with E-state index in [9.17, 15) is 14.7 Å². The van der Waals surface area contributed by atoms with Crippen LogP contribution in [0.1, 0.15) is 33.2 Å². The number of esters is 1. The summed E-state index contributed by atoms with van der Waals surface area (Å²) >= 11 is 0. The lowest BCUT2D eigenvalue weighted by Crippen LogP contribution is -2.28. The largest absolute Gasteiger partial charge is 0.507 e. The molecule has 2 heterocycles. The molecule has 0 aliphatic heterocycles. The Morgan fingerprint density at radius 2 is 1.81 bits per heavy atom. The number of fused-ring (bicyclic) bond motifs is 1. The van der Waals surface area contributed by atoms with Crippen LogP contribution in [-0.2, 0) is 4.74 Å². The topological polar surface area (TPSA) is 105 Å². The number of phenolic OH excluding ortho intramolecular Hbond substituents is 1.